The van der Waals surface area contributed by atoms with Gasteiger partial charge in [0.15, 0.2) is 0 Å². The molecule has 0 amide bonds. The number of ether oxygens (including phenoxy) is 1. The molecule has 0 spiro atoms. The molecule has 0 saturated carbocycles. The Balaban J connectivity index is 2.39. The Kier molecular flexibility index (Phi) is 5.78. The van der Waals surface area contributed by atoms with Crippen molar-refractivity contribution in [3.8, 4) is 0 Å². The average Bonchev–Trinajstić information content (AvgIpc) is 2.24. The van der Waals surface area contributed by atoms with Crippen molar-refractivity contribution in [2.45, 2.75) is 20.8 Å². The lowest BCUT2D eigenvalue weighted by atomic mass is 10.2. The van der Waals surface area contributed by atoms with Crippen LogP contribution in [-0.2, 0) is 4.74 Å². The first-order chi connectivity index (χ1) is 8.00. The van der Waals surface area contributed by atoms with Gasteiger partial charge >= 0.3 is 0 Å². The van der Waals surface area contributed by atoms with E-state index in [4.69, 9.17) is 10.5 Å². The third-order valence-corrected chi connectivity index (χ3v) is 3.02. The van der Waals surface area contributed by atoms with Gasteiger partial charge in [0.1, 0.15) is 0 Å². The van der Waals surface area contributed by atoms with Gasteiger partial charge in [-0.15, -0.1) is 0 Å². The van der Waals surface area contributed by atoms with Crippen LogP contribution in [0.5, 0.6) is 0 Å². The van der Waals surface area contributed by atoms with E-state index in [1.165, 1.54) is 0 Å². The first kappa shape index (κ1) is 14.3. The maximum atomic E-state index is 5.82. The smallest absolute Gasteiger partial charge is 0.0639 e. The Morgan fingerprint density at radius 1 is 1.41 bits per heavy atom. The molecule has 4 heteroatoms. The Hall–Kier alpha value is -0.740. The zero-order valence-electron chi connectivity index (χ0n) is 10.7. The van der Waals surface area contributed by atoms with Gasteiger partial charge < -0.3 is 15.8 Å². The Bertz CT molecular complexity index is 367. The van der Waals surface area contributed by atoms with Crippen molar-refractivity contribution in [2.24, 2.45) is 5.92 Å². The van der Waals surface area contributed by atoms with Crippen molar-refractivity contribution in [2.75, 3.05) is 30.8 Å². The van der Waals surface area contributed by atoms with Crippen LogP contribution in [0.2, 0.25) is 0 Å². The lowest BCUT2D eigenvalue weighted by Crippen LogP contribution is -2.12. The summed E-state index contributed by atoms with van der Waals surface area (Å²) < 4.78 is 6.50. The van der Waals surface area contributed by atoms with Crippen LogP contribution in [0.3, 0.4) is 0 Å². The molecule has 1 aromatic rings. The van der Waals surface area contributed by atoms with E-state index in [1.807, 2.05) is 19.1 Å². The Morgan fingerprint density at radius 3 is 2.76 bits per heavy atom. The van der Waals surface area contributed by atoms with Gasteiger partial charge in [-0.1, -0.05) is 13.8 Å². The summed E-state index contributed by atoms with van der Waals surface area (Å²) in [5.74, 6) is 0.584. The van der Waals surface area contributed by atoms with E-state index in [9.17, 15) is 0 Å². The zero-order chi connectivity index (χ0) is 12.8. The Labute approximate surface area is 112 Å². The number of nitrogen functional groups attached to an aromatic ring is 1. The van der Waals surface area contributed by atoms with Crippen LogP contribution >= 0.6 is 15.9 Å². The molecule has 17 heavy (non-hydrogen) atoms. The molecule has 96 valence electrons. The minimum absolute atomic E-state index is 0.584. The minimum Gasteiger partial charge on any atom is -0.398 e. The highest BCUT2D eigenvalue weighted by atomic mass is 79.9. The highest BCUT2D eigenvalue weighted by Crippen LogP contribution is 2.27. The molecule has 1 rings (SSSR count). The first-order valence-electron chi connectivity index (χ1n) is 5.88. The number of hydrogen-bond donors (Lipinski definition) is 2. The number of halogens is 1. The van der Waals surface area contributed by atoms with Gasteiger partial charge in [0.2, 0.25) is 0 Å². The van der Waals surface area contributed by atoms with Gasteiger partial charge in [0, 0.05) is 29.0 Å². The fraction of sp³-hybridized carbons (Fsp3) is 0.538. The van der Waals surface area contributed by atoms with E-state index in [0.717, 1.165) is 34.6 Å². The number of nitrogens with one attached hydrogen (secondary N) is 1. The molecule has 0 fully saturated rings. The van der Waals surface area contributed by atoms with Gasteiger partial charge in [-0.25, -0.2) is 0 Å². The maximum Gasteiger partial charge on any atom is 0.0639 e. The summed E-state index contributed by atoms with van der Waals surface area (Å²) in [6.45, 7) is 8.62. The topological polar surface area (TPSA) is 47.3 Å². The summed E-state index contributed by atoms with van der Waals surface area (Å²) in [6.07, 6.45) is 0. The molecular formula is C13H21BrN2O. The second kappa shape index (κ2) is 6.87. The lowest BCUT2D eigenvalue weighted by Gasteiger charge is -2.12. The van der Waals surface area contributed by atoms with Crippen molar-refractivity contribution in [3.05, 3.63) is 22.2 Å². The third-order valence-electron chi connectivity index (χ3n) is 2.37. The summed E-state index contributed by atoms with van der Waals surface area (Å²) in [7, 11) is 0. The van der Waals surface area contributed by atoms with Gasteiger partial charge in [-0.3, -0.25) is 0 Å². The standard InChI is InChI=1S/C13H21BrN2O/c1-9(2)8-17-5-4-16-13-6-10(3)12(15)7-11(13)14/h6-7,9,16H,4-5,8,15H2,1-3H3. The number of benzene rings is 1. The van der Waals surface area contributed by atoms with E-state index in [1.54, 1.807) is 0 Å². The predicted molar refractivity (Wildman–Crippen MR) is 77.4 cm³/mol. The molecule has 0 atom stereocenters. The maximum absolute atomic E-state index is 5.82. The van der Waals surface area contributed by atoms with Gasteiger partial charge in [0.25, 0.3) is 0 Å². The molecule has 0 saturated heterocycles. The summed E-state index contributed by atoms with van der Waals surface area (Å²) in [6, 6.07) is 3.97. The van der Waals surface area contributed by atoms with Gasteiger partial charge in [-0.2, -0.15) is 0 Å². The van der Waals surface area contributed by atoms with E-state index in [2.05, 4.69) is 35.1 Å². The number of nitrogens with two attached hydrogens (primary N) is 1. The summed E-state index contributed by atoms with van der Waals surface area (Å²) in [5.41, 5.74) is 8.76. The molecule has 0 radical (unpaired) electrons. The van der Waals surface area contributed by atoms with Crippen molar-refractivity contribution < 1.29 is 4.74 Å². The molecule has 0 aliphatic carbocycles. The van der Waals surface area contributed by atoms with Crippen LogP contribution in [0.25, 0.3) is 0 Å². The van der Waals surface area contributed by atoms with Crippen molar-refractivity contribution >= 4 is 27.3 Å². The number of aryl methyl sites for hydroxylation is 1. The quantitative estimate of drug-likeness (QED) is 0.625. The van der Waals surface area contributed by atoms with Crippen molar-refractivity contribution in [3.63, 3.8) is 0 Å². The van der Waals surface area contributed by atoms with Gasteiger partial charge in [-0.05, 0) is 46.5 Å². The molecule has 0 bridgehead atoms. The third kappa shape index (κ3) is 4.96. The van der Waals surface area contributed by atoms with E-state index in [0.29, 0.717) is 12.5 Å². The van der Waals surface area contributed by atoms with Crippen molar-refractivity contribution in [1.82, 2.24) is 0 Å². The highest BCUT2D eigenvalue weighted by molar-refractivity contribution is 9.10. The van der Waals surface area contributed by atoms with Crippen molar-refractivity contribution in [1.29, 1.82) is 0 Å². The molecular weight excluding hydrogens is 280 g/mol. The molecule has 3 nitrogen and oxygen atoms in total. The fourth-order valence-corrected chi connectivity index (χ4v) is 1.91. The van der Waals surface area contributed by atoms with E-state index >= 15 is 0 Å². The number of hydrogen-bond acceptors (Lipinski definition) is 3. The monoisotopic (exact) mass is 300 g/mol. The lowest BCUT2D eigenvalue weighted by molar-refractivity contribution is 0.118. The number of anilines is 2. The van der Waals surface area contributed by atoms with Crippen LogP contribution in [0.1, 0.15) is 19.4 Å². The fourth-order valence-electron chi connectivity index (χ4n) is 1.41. The molecule has 0 unspecified atom stereocenters. The van der Waals surface area contributed by atoms with Crippen LogP contribution in [0.4, 0.5) is 11.4 Å². The van der Waals surface area contributed by atoms with Crippen LogP contribution in [0, 0.1) is 12.8 Å². The second-order valence-corrected chi connectivity index (χ2v) is 5.44. The van der Waals surface area contributed by atoms with Gasteiger partial charge in [0.05, 0.1) is 6.61 Å². The molecule has 1 aromatic carbocycles. The van der Waals surface area contributed by atoms with Crippen LogP contribution in [0.15, 0.2) is 16.6 Å². The molecule has 0 aliphatic heterocycles. The summed E-state index contributed by atoms with van der Waals surface area (Å²) in [5, 5.41) is 3.33. The zero-order valence-corrected chi connectivity index (χ0v) is 12.3. The highest BCUT2D eigenvalue weighted by Gasteiger charge is 2.03. The summed E-state index contributed by atoms with van der Waals surface area (Å²) in [4.78, 5) is 0. The van der Waals surface area contributed by atoms with Crippen LogP contribution in [-0.4, -0.2) is 19.8 Å². The largest absolute Gasteiger partial charge is 0.398 e. The SMILES string of the molecule is Cc1cc(NCCOCC(C)C)c(Br)cc1N. The minimum atomic E-state index is 0.584. The van der Waals surface area contributed by atoms with Crippen LogP contribution < -0.4 is 11.1 Å². The molecule has 3 N–H and O–H groups in total. The Morgan fingerprint density at radius 2 is 2.12 bits per heavy atom. The molecule has 0 aliphatic rings. The molecule has 0 aromatic heterocycles. The van der Waals surface area contributed by atoms with E-state index in [-0.39, 0.29) is 0 Å². The van der Waals surface area contributed by atoms with E-state index < -0.39 is 0 Å². The predicted octanol–water partition coefficient (Wildman–Crippen LogP) is 3.42. The molecule has 0 heterocycles. The first-order valence-corrected chi connectivity index (χ1v) is 6.67. The summed E-state index contributed by atoms with van der Waals surface area (Å²) >= 11 is 3.49. The average molecular weight is 301 g/mol. The number of rotatable bonds is 6. The second-order valence-electron chi connectivity index (χ2n) is 4.58. The normalized spacial score (nSPS) is 10.9.